The van der Waals surface area contributed by atoms with E-state index in [0.717, 1.165) is 40.5 Å². The topological polar surface area (TPSA) is 66.8 Å². The predicted octanol–water partition coefficient (Wildman–Crippen LogP) is 6.16. The number of aryl methyl sites for hydroxylation is 1. The minimum Gasteiger partial charge on any atom is -0.507 e. The summed E-state index contributed by atoms with van der Waals surface area (Å²) >= 11 is 0. The fourth-order valence-corrected chi connectivity index (χ4v) is 4.59. The number of ketones is 1. The third-order valence-corrected chi connectivity index (χ3v) is 6.22. The van der Waals surface area contributed by atoms with Crippen LogP contribution in [0, 0.1) is 6.92 Å². The number of unbranched alkanes of at least 4 members (excludes halogenated alkanes) is 1. The molecular formula is C29H31NO4. The van der Waals surface area contributed by atoms with Crippen molar-refractivity contribution in [3.63, 3.8) is 0 Å². The van der Waals surface area contributed by atoms with Crippen LogP contribution in [-0.2, 0) is 9.59 Å². The lowest BCUT2D eigenvalue weighted by Gasteiger charge is -2.26. The maximum absolute atomic E-state index is 13.3. The number of amides is 1. The van der Waals surface area contributed by atoms with Crippen molar-refractivity contribution in [2.45, 2.75) is 52.7 Å². The summed E-state index contributed by atoms with van der Waals surface area (Å²) in [5.74, 6) is -0.647. The standard InChI is InChI=1S/C29H31NO4/c1-5-6-16-30-26(23-13-9-11-20-10-7-8-12-22(20)23)25(28(32)29(30)33)27(31)21-14-15-24(19(4)17-21)34-18(2)3/h7-15,17-18,26,31H,5-6,16H2,1-4H3/b27-25-. The monoisotopic (exact) mass is 457 g/mol. The number of likely N-dealkylation sites (tertiary alicyclic amines) is 1. The van der Waals surface area contributed by atoms with Crippen molar-refractivity contribution in [2.75, 3.05) is 6.54 Å². The van der Waals surface area contributed by atoms with E-state index < -0.39 is 17.7 Å². The Hall–Kier alpha value is -3.60. The Kier molecular flexibility index (Phi) is 6.73. The molecule has 1 N–H and O–H groups in total. The summed E-state index contributed by atoms with van der Waals surface area (Å²) in [6.45, 7) is 8.31. The second-order valence-electron chi connectivity index (χ2n) is 9.06. The number of aliphatic hydroxyl groups excluding tert-OH is 1. The molecule has 3 aromatic carbocycles. The van der Waals surface area contributed by atoms with Crippen molar-refractivity contribution < 1.29 is 19.4 Å². The summed E-state index contributed by atoms with van der Waals surface area (Å²) in [6.07, 6.45) is 1.68. The molecule has 1 heterocycles. The lowest BCUT2D eigenvalue weighted by molar-refractivity contribution is -0.139. The molecule has 1 unspecified atom stereocenters. The van der Waals surface area contributed by atoms with Gasteiger partial charge in [0.05, 0.1) is 17.7 Å². The van der Waals surface area contributed by atoms with Gasteiger partial charge in [-0.2, -0.15) is 0 Å². The number of aliphatic hydroxyl groups is 1. The van der Waals surface area contributed by atoms with E-state index in [9.17, 15) is 14.7 Å². The number of hydrogen-bond acceptors (Lipinski definition) is 4. The summed E-state index contributed by atoms with van der Waals surface area (Å²) in [5.41, 5.74) is 2.31. The lowest BCUT2D eigenvalue weighted by Crippen LogP contribution is -2.30. The Bertz CT molecular complexity index is 1270. The van der Waals surface area contributed by atoms with E-state index in [1.165, 1.54) is 0 Å². The minimum absolute atomic E-state index is 0.0217. The third kappa shape index (κ3) is 4.30. The second kappa shape index (κ2) is 9.72. The van der Waals surface area contributed by atoms with Crippen molar-refractivity contribution in [2.24, 2.45) is 0 Å². The van der Waals surface area contributed by atoms with Crippen LogP contribution < -0.4 is 4.74 Å². The van der Waals surface area contributed by atoms with Crippen LogP contribution in [0.5, 0.6) is 5.75 Å². The fraction of sp³-hybridized carbons (Fsp3) is 0.310. The molecule has 0 saturated carbocycles. The normalized spacial score (nSPS) is 17.7. The molecule has 1 saturated heterocycles. The van der Waals surface area contributed by atoms with Crippen LogP contribution in [0.1, 0.15) is 56.3 Å². The first-order chi connectivity index (χ1) is 16.3. The smallest absolute Gasteiger partial charge is 0.295 e. The molecule has 1 aliphatic rings. The van der Waals surface area contributed by atoms with Gasteiger partial charge >= 0.3 is 0 Å². The minimum atomic E-state index is -0.649. The van der Waals surface area contributed by atoms with E-state index >= 15 is 0 Å². The number of carbonyl (C=O) groups excluding carboxylic acids is 2. The van der Waals surface area contributed by atoms with Crippen LogP contribution in [0.15, 0.2) is 66.2 Å². The zero-order valence-corrected chi connectivity index (χ0v) is 20.2. The van der Waals surface area contributed by atoms with Crippen LogP contribution in [0.25, 0.3) is 16.5 Å². The summed E-state index contributed by atoms with van der Waals surface area (Å²) in [5, 5.41) is 13.4. The lowest BCUT2D eigenvalue weighted by atomic mass is 9.91. The summed E-state index contributed by atoms with van der Waals surface area (Å²) in [4.78, 5) is 28.0. The summed E-state index contributed by atoms with van der Waals surface area (Å²) in [7, 11) is 0. The van der Waals surface area contributed by atoms with Gasteiger partial charge in [-0.15, -0.1) is 0 Å². The van der Waals surface area contributed by atoms with E-state index in [4.69, 9.17) is 4.74 Å². The molecule has 5 heteroatoms. The number of benzene rings is 3. The zero-order chi connectivity index (χ0) is 24.4. The molecule has 176 valence electrons. The number of rotatable bonds is 7. The van der Waals surface area contributed by atoms with Gasteiger partial charge in [0.25, 0.3) is 11.7 Å². The summed E-state index contributed by atoms with van der Waals surface area (Å²) < 4.78 is 5.82. The summed E-state index contributed by atoms with van der Waals surface area (Å²) in [6, 6.07) is 18.5. The van der Waals surface area contributed by atoms with Crippen molar-refractivity contribution in [1.82, 2.24) is 4.90 Å². The molecule has 0 aromatic heterocycles. The Labute approximate surface area is 200 Å². The number of ether oxygens (including phenoxy) is 1. The average Bonchev–Trinajstić information content (AvgIpc) is 3.07. The van der Waals surface area contributed by atoms with E-state index in [1.54, 1.807) is 23.1 Å². The molecule has 0 bridgehead atoms. The second-order valence-corrected chi connectivity index (χ2v) is 9.06. The van der Waals surface area contributed by atoms with Crippen molar-refractivity contribution in [3.05, 3.63) is 82.9 Å². The fourth-order valence-electron chi connectivity index (χ4n) is 4.59. The zero-order valence-electron chi connectivity index (χ0n) is 20.2. The van der Waals surface area contributed by atoms with Crippen LogP contribution in [0.4, 0.5) is 0 Å². The van der Waals surface area contributed by atoms with E-state index in [2.05, 4.69) is 0 Å². The first kappa shape index (κ1) is 23.6. The maximum atomic E-state index is 13.3. The third-order valence-electron chi connectivity index (χ3n) is 6.22. The van der Waals surface area contributed by atoms with E-state index in [0.29, 0.717) is 12.1 Å². The van der Waals surface area contributed by atoms with Gasteiger partial charge in [-0.1, -0.05) is 55.8 Å². The average molecular weight is 458 g/mol. The highest BCUT2D eigenvalue weighted by atomic mass is 16.5. The highest BCUT2D eigenvalue weighted by molar-refractivity contribution is 6.46. The van der Waals surface area contributed by atoms with Gasteiger partial charge in [-0.3, -0.25) is 9.59 Å². The predicted molar refractivity (Wildman–Crippen MR) is 135 cm³/mol. The molecule has 1 atom stereocenters. The maximum Gasteiger partial charge on any atom is 0.295 e. The highest BCUT2D eigenvalue weighted by Gasteiger charge is 2.46. The molecule has 0 radical (unpaired) electrons. The van der Waals surface area contributed by atoms with Gasteiger partial charge in [-0.05, 0) is 67.3 Å². The van der Waals surface area contributed by atoms with Gasteiger partial charge in [0.2, 0.25) is 0 Å². The van der Waals surface area contributed by atoms with Crippen LogP contribution in [-0.4, -0.2) is 34.3 Å². The first-order valence-corrected chi connectivity index (χ1v) is 11.9. The Morgan fingerprint density at radius 3 is 2.50 bits per heavy atom. The molecule has 34 heavy (non-hydrogen) atoms. The van der Waals surface area contributed by atoms with Gasteiger partial charge < -0.3 is 14.7 Å². The Morgan fingerprint density at radius 2 is 1.79 bits per heavy atom. The number of nitrogens with zero attached hydrogens (tertiary/aromatic N) is 1. The van der Waals surface area contributed by atoms with Crippen LogP contribution in [0.3, 0.4) is 0 Å². The molecule has 0 aliphatic carbocycles. The quantitative estimate of drug-likeness (QED) is 0.262. The number of Topliss-reactive ketones (excluding diaryl/α,β-unsaturated/α-hetero) is 1. The van der Waals surface area contributed by atoms with Gasteiger partial charge in [0, 0.05) is 12.1 Å². The molecule has 5 nitrogen and oxygen atoms in total. The Balaban J connectivity index is 1.90. The molecular weight excluding hydrogens is 426 g/mol. The largest absolute Gasteiger partial charge is 0.507 e. The van der Waals surface area contributed by atoms with Gasteiger partial charge in [-0.25, -0.2) is 0 Å². The van der Waals surface area contributed by atoms with Crippen LogP contribution in [0.2, 0.25) is 0 Å². The highest BCUT2D eigenvalue weighted by Crippen LogP contribution is 2.42. The molecule has 1 amide bonds. The Morgan fingerprint density at radius 1 is 1.06 bits per heavy atom. The SMILES string of the molecule is CCCCN1C(=O)C(=O)/C(=C(\O)c2ccc(OC(C)C)c(C)c2)C1c1cccc2ccccc12. The number of carbonyl (C=O) groups is 2. The molecule has 4 rings (SSSR count). The van der Waals surface area contributed by atoms with Crippen molar-refractivity contribution >= 4 is 28.2 Å². The van der Waals surface area contributed by atoms with Gasteiger partial charge in [0.1, 0.15) is 11.5 Å². The molecule has 0 spiro atoms. The number of hydrogen-bond donors (Lipinski definition) is 1. The van der Waals surface area contributed by atoms with Crippen molar-refractivity contribution in [1.29, 1.82) is 0 Å². The molecule has 3 aromatic rings. The molecule has 1 aliphatic heterocycles. The number of fused-ring (bicyclic) bond motifs is 1. The van der Waals surface area contributed by atoms with Gasteiger partial charge in [0.15, 0.2) is 0 Å². The van der Waals surface area contributed by atoms with Crippen LogP contribution >= 0.6 is 0 Å². The van der Waals surface area contributed by atoms with E-state index in [1.807, 2.05) is 70.2 Å². The first-order valence-electron chi connectivity index (χ1n) is 11.9. The molecule has 1 fully saturated rings. The van der Waals surface area contributed by atoms with E-state index in [-0.39, 0.29) is 17.4 Å². The van der Waals surface area contributed by atoms with Crippen molar-refractivity contribution in [3.8, 4) is 5.75 Å².